The lowest BCUT2D eigenvalue weighted by Gasteiger charge is -2.24. The average Bonchev–Trinajstić information content (AvgIpc) is 3.34. The van der Waals surface area contributed by atoms with E-state index in [2.05, 4.69) is 61.4 Å². The molecule has 3 aromatic carbocycles. The van der Waals surface area contributed by atoms with Gasteiger partial charge in [-0.3, -0.25) is 19.5 Å². The smallest absolute Gasteiger partial charge is 0.240 e. The van der Waals surface area contributed by atoms with Crippen LogP contribution in [-0.4, -0.2) is 38.9 Å². The first-order valence-electron chi connectivity index (χ1n) is 14.3. The summed E-state index contributed by atoms with van der Waals surface area (Å²) in [6.07, 6.45) is 3.42. The van der Waals surface area contributed by atoms with Crippen molar-refractivity contribution in [2.75, 3.05) is 17.2 Å². The summed E-state index contributed by atoms with van der Waals surface area (Å²) in [4.78, 5) is 33.2. The number of hydrogen-bond donors (Lipinski definition) is 1. The number of amides is 2. The van der Waals surface area contributed by atoms with Crippen LogP contribution in [0.5, 0.6) is 0 Å². The normalized spacial score (nSPS) is 14.7. The molecule has 1 atom stereocenters. The molecule has 6 rings (SSSR count). The number of rotatable bonds is 7. The minimum Gasteiger partial charge on any atom is -0.350 e. The third kappa shape index (κ3) is 5.83. The summed E-state index contributed by atoms with van der Waals surface area (Å²) in [7, 11) is 0. The van der Waals surface area contributed by atoms with Gasteiger partial charge in [0.15, 0.2) is 0 Å². The Morgan fingerprint density at radius 2 is 1.79 bits per heavy atom. The highest BCUT2D eigenvalue weighted by Gasteiger charge is 2.38. The molecule has 43 heavy (non-hydrogen) atoms. The highest BCUT2D eigenvalue weighted by molar-refractivity contribution is 8.00. The Morgan fingerprint density at radius 1 is 0.977 bits per heavy atom. The number of carbonyl (C=O) groups is 2. The third-order valence-electron chi connectivity index (χ3n) is 7.80. The number of thioether (sulfide) groups is 1. The molecule has 0 bridgehead atoms. The first kappa shape index (κ1) is 28.4. The van der Waals surface area contributed by atoms with Crippen molar-refractivity contribution < 1.29 is 9.59 Å². The zero-order chi connectivity index (χ0) is 29.9. The van der Waals surface area contributed by atoms with Crippen LogP contribution >= 0.6 is 11.8 Å². The lowest BCUT2D eigenvalue weighted by atomic mass is 9.98. The second-order valence-corrected chi connectivity index (χ2v) is 11.9. The predicted molar refractivity (Wildman–Crippen MR) is 172 cm³/mol. The van der Waals surface area contributed by atoms with Gasteiger partial charge in [-0.2, -0.15) is 5.10 Å². The van der Waals surface area contributed by atoms with Crippen molar-refractivity contribution in [2.24, 2.45) is 0 Å². The molecule has 1 aliphatic heterocycles. The van der Waals surface area contributed by atoms with E-state index in [-0.39, 0.29) is 29.4 Å². The maximum atomic E-state index is 14.0. The lowest BCUT2D eigenvalue weighted by molar-refractivity contribution is -0.123. The Bertz CT molecular complexity index is 1790. The molecule has 0 fully saturated rings. The fraction of sp³-hybridized carbons (Fsp3) is 0.200. The first-order chi connectivity index (χ1) is 20.9. The third-order valence-corrected chi connectivity index (χ3v) is 9.05. The van der Waals surface area contributed by atoms with Crippen molar-refractivity contribution in [3.63, 3.8) is 0 Å². The molecule has 2 aromatic heterocycles. The van der Waals surface area contributed by atoms with Gasteiger partial charge in [0.05, 0.1) is 22.4 Å². The molecule has 2 amide bonds. The Morgan fingerprint density at radius 3 is 2.56 bits per heavy atom. The standard InChI is InChI=1S/C35H33N5O2S/c1-23-10-7-15-28(18-23)34-32-33(27-13-5-4-6-14-27)38-40(29-16-8-11-24(2)25(29)3)35(32)39(31(42)22-43-34)21-30(41)37-20-26-12-9-17-36-19-26/h4-19,34H,20-22H2,1-3H3,(H,37,41)/t34-/m1/s1. The molecule has 216 valence electrons. The second-order valence-electron chi connectivity index (χ2n) is 10.8. The van der Waals surface area contributed by atoms with Crippen molar-refractivity contribution in [1.29, 1.82) is 0 Å². The Labute approximate surface area is 256 Å². The summed E-state index contributed by atoms with van der Waals surface area (Å²) in [5.41, 5.74) is 8.86. The number of fused-ring (bicyclic) bond motifs is 1. The van der Waals surface area contributed by atoms with Gasteiger partial charge in [-0.15, -0.1) is 11.8 Å². The lowest BCUT2D eigenvalue weighted by Crippen LogP contribution is -2.42. The number of aromatic nitrogens is 3. The summed E-state index contributed by atoms with van der Waals surface area (Å²) in [5.74, 6) is 0.469. The highest BCUT2D eigenvalue weighted by Crippen LogP contribution is 2.48. The molecule has 1 N–H and O–H groups in total. The summed E-state index contributed by atoms with van der Waals surface area (Å²) in [5, 5.41) is 8.04. The van der Waals surface area contributed by atoms with Crippen LogP contribution in [0.2, 0.25) is 0 Å². The predicted octanol–water partition coefficient (Wildman–Crippen LogP) is 6.35. The van der Waals surface area contributed by atoms with Crippen LogP contribution in [0.15, 0.2) is 97.3 Å². The van der Waals surface area contributed by atoms with Crippen LogP contribution in [0.4, 0.5) is 5.82 Å². The Balaban J connectivity index is 1.55. The largest absolute Gasteiger partial charge is 0.350 e. The van der Waals surface area contributed by atoms with E-state index in [1.54, 1.807) is 29.1 Å². The Kier molecular flexibility index (Phi) is 8.11. The SMILES string of the molecule is Cc1cccc([C@H]2SCC(=O)N(CC(=O)NCc3cccnc3)c3c2c(-c2ccccc2)nn3-c2cccc(C)c2C)c1. The number of hydrogen-bond acceptors (Lipinski definition) is 5. The van der Waals surface area contributed by atoms with Crippen molar-refractivity contribution in [2.45, 2.75) is 32.6 Å². The van der Waals surface area contributed by atoms with Crippen molar-refractivity contribution >= 4 is 29.4 Å². The first-order valence-corrected chi connectivity index (χ1v) is 15.3. The van der Waals surface area contributed by atoms with E-state index in [4.69, 9.17) is 5.10 Å². The quantitative estimate of drug-likeness (QED) is 0.240. The van der Waals surface area contributed by atoms with Crippen LogP contribution in [0.1, 0.15) is 38.6 Å². The van der Waals surface area contributed by atoms with Crippen LogP contribution in [-0.2, 0) is 16.1 Å². The topological polar surface area (TPSA) is 80.1 Å². The molecule has 0 saturated heterocycles. The van der Waals surface area contributed by atoms with E-state index in [0.717, 1.165) is 50.3 Å². The zero-order valence-electron chi connectivity index (χ0n) is 24.4. The van der Waals surface area contributed by atoms with E-state index >= 15 is 0 Å². The summed E-state index contributed by atoms with van der Waals surface area (Å²) >= 11 is 1.58. The molecule has 0 radical (unpaired) electrons. The fourth-order valence-electron chi connectivity index (χ4n) is 5.46. The second kappa shape index (κ2) is 12.3. The highest BCUT2D eigenvalue weighted by atomic mass is 32.2. The van der Waals surface area contributed by atoms with Gasteiger partial charge in [0, 0.05) is 30.1 Å². The van der Waals surface area contributed by atoms with Crippen molar-refractivity contribution in [3.05, 3.63) is 131 Å². The fourth-order valence-corrected chi connectivity index (χ4v) is 6.65. The van der Waals surface area contributed by atoms with E-state index in [0.29, 0.717) is 12.4 Å². The molecule has 0 aliphatic carbocycles. The van der Waals surface area contributed by atoms with Crippen LogP contribution in [0, 0.1) is 20.8 Å². The number of nitrogens with zero attached hydrogens (tertiary/aromatic N) is 4. The maximum Gasteiger partial charge on any atom is 0.240 e. The number of benzene rings is 3. The van der Waals surface area contributed by atoms with Gasteiger partial charge in [-0.1, -0.05) is 78.4 Å². The molecule has 7 nitrogen and oxygen atoms in total. The molecule has 0 saturated carbocycles. The van der Waals surface area contributed by atoms with E-state index < -0.39 is 0 Å². The van der Waals surface area contributed by atoms with Gasteiger partial charge in [0.1, 0.15) is 12.4 Å². The number of pyridine rings is 1. The molecule has 1 aliphatic rings. The van der Waals surface area contributed by atoms with E-state index in [1.165, 1.54) is 0 Å². The molecule has 3 heterocycles. The monoisotopic (exact) mass is 587 g/mol. The van der Waals surface area contributed by atoms with Gasteiger partial charge in [-0.05, 0) is 55.2 Å². The molecular weight excluding hydrogens is 554 g/mol. The van der Waals surface area contributed by atoms with Gasteiger partial charge in [0.25, 0.3) is 0 Å². The van der Waals surface area contributed by atoms with E-state index in [9.17, 15) is 9.59 Å². The summed E-state index contributed by atoms with van der Waals surface area (Å²) in [6.45, 7) is 6.41. The minimum atomic E-state index is -0.253. The molecule has 5 aromatic rings. The van der Waals surface area contributed by atoms with Gasteiger partial charge >= 0.3 is 0 Å². The number of anilines is 1. The van der Waals surface area contributed by atoms with Crippen molar-refractivity contribution in [3.8, 4) is 16.9 Å². The molecule has 0 spiro atoms. The molecular formula is C35H33N5O2S. The average molecular weight is 588 g/mol. The number of nitrogens with one attached hydrogen (secondary N) is 1. The van der Waals surface area contributed by atoms with Gasteiger partial charge in [-0.25, -0.2) is 4.68 Å². The van der Waals surface area contributed by atoms with Crippen LogP contribution < -0.4 is 10.2 Å². The van der Waals surface area contributed by atoms with Gasteiger partial charge < -0.3 is 5.32 Å². The Hall–Kier alpha value is -4.69. The van der Waals surface area contributed by atoms with Crippen molar-refractivity contribution in [1.82, 2.24) is 20.1 Å². The summed E-state index contributed by atoms with van der Waals surface area (Å²) in [6, 6.07) is 28.3. The zero-order valence-corrected chi connectivity index (χ0v) is 25.3. The number of aryl methyl sites for hydroxylation is 2. The minimum absolute atomic E-state index is 0.127. The molecule has 0 unspecified atom stereocenters. The van der Waals surface area contributed by atoms with Gasteiger partial charge in [0.2, 0.25) is 11.8 Å². The van der Waals surface area contributed by atoms with Crippen LogP contribution in [0.25, 0.3) is 16.9 Å². The van der Waals surface area contributed by atoms with Crippen LogP contribution in [0.3, 0.4) is 0 Å². The maximum absolute atomic E-state index is 14.0. The molecule has 8 heteroatoms. The summed E-state index contributed by atoms with van der Waals surface area (Å²) < 4.78 is 1.88. The van der Waals surface area contributed by atoms with E-state index in [1.807, 2.05) is 59.3 Å². The number of carbonyl (C=O) groups excluding carboxylic acids is 2.